The molecule has 1 N–H and O–H groups in total. The van der Waals surface area contributed by atoms with Crippen LogP contribution in [0.5, 0.6) is 5.75 Å². The summed E-state index contributed by atoms with van der Waals surface area (Å²) in [6, 6.07) is 6.93. The first-order chi connectivity index (χ1) is 7.59. The number of ether oxygens (including phenoxy) is 1. The van der Waals surface area contributed by atoms with E-state index in [9.17, 15) is 9.59 Å². The highest BCUT2D eigenvalue weighted by Crippen LogP contribution is 2.19. The van der Waals surface area contributed by atoms with Crippen LogP contribution in [0.15, 0.2) is 30.3 Å². The van der Waals surface area contributed by atoms with Crippen molar-refractivity contribution in [1.82, 2.24) is 0 Å². The van der Waals surface area contributed by atoms with Crippen LogP contribution in [-0.4, -0.2) is 23.5 Å². The normalized spacial score (nSPS) is 10.3. The second kappa shape index (κ2) is 5.70. The minimum absolute atomic E-state index is 0.0759. The highest BCUT2D eigenvalue weighted by atomic mass is 16.5. The average Bonchev–Trinajstić information content (AvgIpc) is 2.24. The van der Waals surface area contributed by atoms with E-state index in [0.29, 0.717) is 11.3 Å². The molecule has 0 atom stereocenters. The number of aliphatic carboxylic acids is 1. The van der Waals surface area contributed by atoms with Crippen molar-refractivity contribution in [1.29, 1.82) is 0 Å². The molecule has 0 unspecified atom stereocenters. The number of hydrogen-bond donors (Lipinski definition) is 1. The van der Waals surface area contributed by atoms with Crippen molar-refractivity contribution in [2.75, 3.05) is 6.61 Å². The van der Waals surface area contributed by atoms with Gasteiger partial charge < -0.3 is 9.84 Å². The first-order valence-electron chi connectivity index (χ1n) is 4.72. The number of benzene rings is 1. The van der Waals surface area contributed by atoms with Gasteiger partial charge in [0.05, 0.1) is 0 Å². The van der Waals surface area contributed by atoms with E-state index in [1.165, 1.54) is 13.0 Å². The van der Waals surface area contributed by atoms with Crippen molar-refractivity contribution in [3.63, 3.8) is 0 Å². The van der Waals surface area contributed by atoms with Gasteiger partial charge >= 0.3 is 5.97 Å². The Labute approximate surface area is 93.2 Å². The van der Waals surface area contributed by atoms with Crippen LogP contribution >= 0.6 is 0 Å². The summed E-state index contributed by atoms with van der Waals surface area (Å²) in [6.45, 7) is 1.04. The Morgan fingerprint density at radius 1 is 1.38 bits per heavy atom. The molecule has 0 saturated carbocycles. The van der Waals surface area contributed by atoms with Gasteiger partial charge in [-0.1, -0.05) is 18.2 Å². The van der Waals surface area contributed by atoms with Crippen LogP contribution in [-0.2, 0) is 9.59 Å². The smallest absolute Gasteiger partial charge is 0.341 e. The largest absolute Gasteiger partial charge is 0.481 e. The minimum atomic E-state index is -1.04. The molecule has 0 radical (unpaired) electrons. The minimum Gasteiger partial charge on any atom is -0.481 e. The monoisotopic (exact) mass is 220 g/mol. The maximum Gasteiger partial charge on any atom is 0.341 e. The molecule has 0 bridgehead atoms. The summed E-state index contributed by atoms with van der Waals surface area (Å²) in [5.74, 6) is -0.666. The van der Waals surface area contributed by atoms with Gasteiger partial charge in [0, 0.05) is 5.56 Å². The highest BCUT2D eigenvalue weighted by molar-refractivity contribution is 5.91. The fourth-order valence-electron chi connectivity index (χ4n) is 1.10. The van der Waals surface area contributed by atoms with Gasteiger partial charge in [-0.15, -0.1) is 0 Å². The predicted molar refractivity (Wildman–Crippen MR) is 59.3 cm³/mol. The zero-order chi connectivity index (χ0) is 12.0. The Bertz CT molecular complexity index is 421. The van der Waals surface area contributed by atoms with Crippen LogP contribution in [0.25, 0.3) is 6.08 Å². The molecule has 1 aromatic rings. The molecule has 1 aromatic carbocycles. The van der Waals surface area contributed by atoms with E-state index in [2.05, 4.69) is 0 Å². The molecule has 4 nitrogen and oxygen atoms in total. The molecule has 4 heteroatoms. The van der Waals surface area contributed by atoms with Gasteiger partial charge in [0.15, 0.2) is 12.4 Å². The van der Waals surface area contributed by atoms with Crippen molar-refractivity contribution in [2.24, 2.45) is 0 Å². The molecule has 0 amide bonds. The van der Waals surface area contributed by atoms with E-state index in [1.807, 2.05) is 0 Å². The van der Waals surface area contributed by atoms with E-state index in [4.69, 9.17) is 9.84 Å². The van der Waals surface area contributed by atoms with E-state index in [1.54, 1.807) is 30.3 Å². The molecule has 0 aliphatic heterocycles. The predicted octanol–water partition coefficient (Wildman–Crippen LogP) is 1.75. The van der Waals surface area contributed by atoms with E-state index in [0.717, 1.165) is 0 Å². The average molecular weight is 220 g/mol. The molecule has 84 valence electrons. The Morgan fingerprint density at radius 2 is 2.06 bits per heavy atom. The van der Waals surface area contributed by atoms with Crippen molar-refractivity contribution >= 4 is 17.8 Å². The van der Waals surface area contributed by atoms with Gasteiger partial charge in [0.25, 0.3) is 0 Å². The maximum atomic E-state index is 10.8. The Morgan fingerprint density at radius 3 is 2.69 bits per heavy atom. The number of carbonyl (C=O) groups is 2. The fourth-order valence-corrected chi connectivity index (χ4v) is 1.10. The quantitative estimate of drug-likeness (QED) is 0.768. The lowest BCUT2D eigenvalue weighted by molar-refractivity contribution is -0.139. The van der Waals surface area contributed by atoms with Gasteiger partial charge in [-0.2, -0.15) is 0 Å². The van der Waals surface area contributed by atoms with Crippen LogP contribution in [0.4, 0.5) is 0 Å². The number of hydrogen-bond acceptors (Lipinski definition) is 3. The topological polar surface area (TPSA) is 63.6 Å². The van der Waals surface area contributed by atoms with E-state index < -0.39 is 12.6 Å². The van der Waals surface area contributed by atoms with Crippen LogP contribution < -0.4 is 4.74 Å². The van der Waals surface area contributed by atoms with Crippen LogP contribution in [0, 0.1) is 0 Å². The fraction of sp³-hybridized carbons (Fsp3) is 0.167. The first-order valence-corrected chi connectivity index (χ1v) is 4.72. The number of para-hydroxylation sites is 1. The zero-order valence-electron chi connectivity index (χ0n) is 8.84. The van der Waals surface area contributed by atoms with E-state index >= 15 is 0 Å². The molecule has 0 aliphatic carbocycles. The van der Waals surface area contributed by atoms with Gasteiger partial charge in [0.1, 0.15) is 5.75 Å². The van der Waals surface area contributed by atoms with Gasteiger partial charge in [-0.3, -0.25) is 4.79 Å². The number of rotatable bonds is 5. The van der Waals surface area contributed by atoms with Crippen molar-refractivity contribution in [2.45, 2.75) is 6.92 Å². The summed E-state index contributed by atoms with van der Waals surface area (Å²) < 4.78 is 5.07. The molecule has 1 rings (SSSR count). The Kier molecular flexibility index (Phi) is 4.27. The molecular formula is C12H12O4. The van der Waals surface area contributed by atoms with Crippen molar-refractivity contribution in [3.05, 3.63) is 35.9 Å². The number of carbonyl (C=O) groups excluding carboxylic acids is 1. The third-order valence-electron chi connectivity index (χ3n) is 1.77. The Balaban J connectivity index is 2.83. The second-order valence-electron chi connectivity index (χ2n) is 3.16. The molecule has 0 aromatic heterocycles. The summed E-state index contributed by atoms with van der Waals surface area (Å²) in [6.07, 6.45) is 3.00. The number of allylic oxidation sites excluding steroid dienone is 1. The molecule has 0 aliphatic rings. The summed E-state index contributed by atoms with van der Waals surface area (Å²) in [4.78, 5) is 21.1. The molecular weight excluding hydrogens is 208 g/mol. The summed E-state index contributed by atoms with van der Waals surface area (Å²) in [5.41, 5.74) is 0.680. The lowest BCUT2D eigenvalue weighted by Crippen LogP contribution is -2.09. The third-order valence-corrected chi connectivity index (χ3v) is 1.77. The lowest BCUT2D eigenvalue weighted by Gasteiger charge is -2.06. The van der Waals surface area contributed by atoms with Gasteiger partial charge in [-0.05, 0) is 25.1 Å². The van der Waals surface area contributed by atoms with Crippen LogP contribution in [0.1, 0.15) is 12.5 Å². The molecule has 0 heterocycles. The molecule has 0 spiro atoms. The lowest BCUT2D eigenvalue weighted by atomic mass is 10.2. The number of carboxylic acid groups (broad SMARTS) is 1. The molecule has 16 heavy (non-hydrogen) atoms. The standard InChI is InChI=1S/C12H12O4/c1-9(13)6-7-10-4-2-3-5-11(10)16-8-12(14)15/h2-7H,8H2,1H3,(H,14,15)/b7-6+. The summed E-state index contributed by atoms with van der Waals surface area (Å²) in [7, 11) is 0. The van der Waals surface area contributed by atoms with Crippen molar-refractivity contribution in [3.8, 4) is 5.75 Å². The first kappa shape index (κ1) is 12.0. The maximum absolute atomic E-state index is 10.8. The van der Waals surface area contributed by atoms with Crippen LogP contribution in [0.3, 0.4) is 0 Å². The SMILES string of the molecule is CC(=O)/C=C/c1ccccc1OCC(=O)O. The third kappa shape index (κ3) is 3.96. The Hall–Kier alpha value is -2.10. The second-order valence-corrected chi connectivity index (χ2v) is 3.16. The molecule has 0 fully saturated rings. The summed E-state index contributed by atoms with van der Waals surface area (Å²) in [5, 5.41) is 8.49. The summed E-state index contributed by atoms with van der Waals surface area (Å²) >= 11 is 0. The van der Waals surface area contributed by atoms with E-state index in [-0.39, 0.29) is 5.78 Å². The van der Waals surface area contributed by atoms with Gasteiger partial charge in [0.2, 0.25) is 0 Å². The highest BCUT2D eigenvalue weighted by Gasteiger charge is 2.02. The number of ketones is 1. The van der Waals surface area contributed by atoms with Crippen molar-refractivity contribution < 1.29 is 19.4 Å². The van der Waals surface area contributed by atoms with Crippen LogP contribution in [0.2, 0.25) is 0 Å². The number of carboxylic acids is 1. The zero-order valence-corrected chi connectivity index (χ0v) is 8.84. The van der Waals surface area contributed by atoms with Gasteiger partial charge in [-0.25, -0.2) is 4.79 Å². The molecule has 0 saturated heterocycles.